The number of amides is 1. The smallest absolute Gasteiger partial charge is 0.268 e. The van der Waals surface area contributed by atoms with Gasteiger partial charge in [0.1, 0.15) is 22.9 Å². The van der Waals surface area contributed by atoms with Crippen LogP contribution in [0.4, 0.5) is 14.6 Å². The van der Waals surface area contributed by atoms with Crippen molar-refractivity contribution >= 4 is 11.7 Å². The number of benzene rings is 2. The van der Waals surface area contributed by atoms with E-state index in [4.69, 9.17) is 4.74 Å². The Labute approximate surface area is 175 Å². The number of hydrogen-bond donors (Lipinski definition) is 1. The number of aromatic nitrogens is 3. The Hall–Kier alpha value is -4.27. The van der Waals surface area contributed by atoms with Crippen molar-refractivity contribution in [2.24, 2.45) is 0 Å². The van der Waals surface area contributed by atoms with Crippen LogP contribution < -0.4 is 15.6 Å². The lowest BCUT2D eigenvalue weighted by atomic mass is 10.2. The zero-order chi connectivity index (χ0) is 22.0. The molecule has 2 heterocycles. The van der Waals surface area contributed by atoms with Gasteiger partial charge in [-0.3, -0.25) is 14.2 Å². The van der Waals surface area contributed by atoms with E-state index in [2.05, 4.69) is 10.4 Å². The van der Waals surface area contributed by atoms with Gasteiger partial charge >= 0.3 is 0 Å². The molecule has 9 heteroatoms. The van der Waals surface area contributed by atoms with Crippen molar-refractivity contribution in [1.29, 1.82) is 0 Å². The molecular weight excluding hydrogens is 406 g/mol. The van der Waals surface area contributed by atoms with Gasteiger partial charge in [0, 0.05) is 24.5 Å². The molecular formula is C22H16F2N4O3. The van der Waals surface area contributed by atoms with Crippen LogP contribution in [0.25, 0.3) is 11.4 Å². The molecule has 2 aromatic carbocycles. The Bertz CT molecular complexity index is 1310. The number of pyridine rings is 1. The van der Waals surface area contributed by atoms with Crippen molar-refractivity contribution < 1.29 is 18.3 Å². The van der Waals surface area contributed by atoms with Crippen molar-refractivity contribution in [3.05, 3.63) is 101 Å². The summed E-state index contributed by atoms with van der Waals surface area (Å²) in [4.78, 5) is 25.6. The topological polar surface area (TPSA) is 78.2 Å². The molecule has 0 unspecified atom stereocenters. The molecule has 156 valence electrons. The van der Waals surface area contributed by atoms with E-state index in [0.29, 0.717) is 11.4 Å². The SMILES string of the molecule is COc1cc(F)ccc1-n1cccc(C(=O)Nc2ccn(-c3ccc(F)cc3)n2)c1=O. The Morgan fingerprint density at radius 2 is 1.74 bits per heavy atom. The maximum Gasteiger partial charge on any atom is 0.268 e. The van der Waals surface area contributed by atoms with Gasteiger partial charge in [0.25, 0.3) is 11.5 Å². The molecule has 1 N–H and O–H groups in total. The second-order valence-electron chi connectivity index (χ2n) is 6.49. The minimum absolute atomic E-state index is 0.134. The summed E-state index contributed by atoms with van der Waals surface area (Å²) in [5, 5.41) is 6.78. The third-order valence-electron chi connectivity index (χ3n) is 4.52. The number of methoxy groups -OCH3 is 1. The molecule has 0 aliphatic carbocycles. The maximum atomic E-state index is 13.5. The van der Waals surface area contributed by atoms with Gasteiger partial charge in [-0.2, -0.15) is 5.10 Å². The first kappa shape index (κ1) is 20.0. The summed E-state index contributed by atoms with van der Waals surface area (Å²) in [6.45, 7) is 0. The van der Waals surface area contributed by atoms with Crippen LogP contribution in [0.1, 0.15) is 10.4 Å². The summed E-state index contributed by atoms with van der Waals surface area (Å²) < 4.78 is 34.4. The zero-order valence-corrected chi connectivity index (χ0v) is 16.3. The van der Waals surface area contributed by atoms with Crippen LogP contribution in [-0.4, -0.2) is 27.4 Å². The molecule has 0 aliphatic heterocycles. The van der Waals surface area contributed by atoms with E-state index < -0.39 is 17.3 Å². The van der Waals surface area contributed by atoms with Crippen LogP contribution in [0.15, 0.2) is 77.9 Å². The predicted molar refractivity (Wildman–Crippen MR) is 110 cm³/mol. The summed E-state index contributed by atoms with van der Waals surface area (Å²) in [6, 6.07) is 13.9. The Kier molecular flexibility index (Phi) is 5.31. The third kappa shape index (κ3) is 4.06. The lowest BCUT2D eigenvalue weighted by Crippen LogP contribution is -2.28. The van der Waals surface area contributed by atoms with Gasteiger partial charge in [0.15, 0.2) is 5.82 Å². The molecule has 0 saturated heterocycles. The highest BCUT2D eigenvalue weighted by atomic mass is 19.1. The van der Waals surface area contributed by atoms with E-state index in [1.54, 1.807) is 24.4 Å². The Morgan fingerprint density at radius 3 is 2.48 bits per heavy atom. The monoisotopic (exact) mass is 422 g/mol. The number of nitrogens with zero attached hydrogens (tertiary/aromatic N) is 3. The fourth-order valence-corrected chi connectivity index (χ4v) is 3.02. The van der Waals surface area contributed by atoms with Gasteiger partial charge in [-0.15, -0.1) is 0 Å². The Morgan fingerprint density at radius 1 is 1.00 bits per heavy atom. The van der Waals surface area contributed by atoms with Crippen LogP contribution in [0.3, 0.4) is 0 Å². The highest BCUT2D eigenvalue weighted by molar-refractivity contribution is 6.03. The molecule has 0 fully saturated rings. The lowest BCUT2D eigenvalue weighted by molar-refractivity contribution is 0.102. The standard InChI is InChI=1S/C22H16F2N4O3/c1-31-19-13-15(24)6-9-18(19)27-11-2-3-17(22(27)30)21(29)25-20-10-12-28(26-20)16-7-4-14(23)5-8-16/h2-13H,1H3,(H,25,26,29). The van der Waals surface area contributed by atoms with E-state index in [9.17, 15) is 18.4 Å². The normalized spacial score (nSPS) is 10.7. The molecule has 7 nitrogen and oxygen atoms in total. The van der Waals surface area contributed by atoms with Crippen molar-refractivity contribution in [1.82, 2.24) is 14.3 Å². The number of nitrogens with one attached hydrogen (secondary N) is 1. The number of hydrogen-bond acceptors (Lipinski definition) is 4. The highest BCUT2D eigenvalue weighted by Gasteiger charge is 2.16. The number of halogens is 2. The number of rotatable bonds is 5. The molecule has 4 aromatic rings. The molecule has 2 aromatic heterocycles. The van der Waals surface area contributed by atoms with E-state index in [1.165, 1.54) is 59.0 Å². The predicted octanol–water partition coefficient (Wildman–Crippen LogP) is 3.56. The van der Waals surface area contributed by atoms with Crippen LogP contribution in [0, 0.1) is 11.6 Å². The number of ether oxygens (including phenoxy) is 1. The minimum atomic E-state index is -0.662. The van der Waals surface area contributed by atoms with E-state index in [-0.39, 0.29) is 22.9 Å². The molecule has 31 heavy (non-hydrogen) atoms. The first-order valence-corrected chi connectivity index (χ1v) is 9.15. The molecule has 0 saturated carbocycles. The largest absolute Gasteiger partial charge is 0.494 e. The van der Waals surface area contributed by atoms with Gasteiger partial charge in [-0.05, 0) is 48.5 Å². The van der Waals surface area contributed by atoms with Gasteiger partial charge < -0.3 is 10.1 Å². The maximum absolute atomic E-state index is 13.5. The first-order valence-electron chi connectivity index (χ1n) is 9.15. The van der Waals surface area contributed by atoms with Gasteiger partial charge in [-0.25, -0.2) is 13.5 Å². The fraction of sp³-hybridized carbons (Fsp3) is 0.0455. The van der Waals surface area contributed by atoms with Crippen molar-refractivity contribution in [2.75, 3.05) is 12.4 Å². The summed E-state index contributed by atoms with van der Waals surface area (Å²) in [5.74, 6) is -1.19. The summed E-state index contributed by atoms with van der Waals surface area (Å²) in [7, 11) is 1.36. The van der Waals surface area contributed by atoms with Gasteiger partial charge in [-0.1, -0.05) is 0 Å². The molecule has 0 radical (unpaired) electrons. The van der Waals surface area contributed by atoms with E-state index >= 15 is 0 Å². The molecule has 0 aliphatic rings. The average Bonchev–Trinajstić information content (AvgIpc) is 3.23. The molecule has 0 bridgehead atoms. The summed E-state index contributed by atoms with van der Waals surface area (Å²) in [6.07, 6.45) is 3.05. The van der Waals surface area contributed by atoms with Crippen LogP contribution in [-0.2, 0) is 0 Å². The van der Waals surface area contributed by atoms with Crippen LogP contribution in [0.2, 0.25) is 0 Å². The van der Waals surface area contributed by atoms with E-state index in [1.807, 2.05) is 0 Å². The number of carbonyl (C=O) groups is 1. The fourth-order valence-electron chi connectivity index (χ4n) is 3.02. The summed E-state index contributed by atoms with van der Waals surface area (Å²) >= 11 is 0. The Balaban J connectivity index is 1.61. The molecule has 1 amide bonds. The van der Waals surface area contributed by atoms with Crippen molar-refractivity contribution in [3.8, 4) is 17.1 Å². The quantitative estimate of drug-likeness (QED) is 0.534. The van der Waals surface area contributed by atoms with Crippen LogP contribution >= 0.6 is 0 Å². The first-order chi connectivity index (χ1) is 15.0. The zero-order valence-electron chi connectivity index (χ0n) is 16.3. The molecule has 0 spiro atoms. The molecule has 4 rings (SSSR count). The van der Waals surface area contributed by atoms with Crippen molar-refractivity contribution in [3.63, 3.8) is 0 Å². The number of anilines is 1. The third-order valence-corrected chi connectivity index (χ3v) is 4.52. The lowest BCUT2D eigenvalue weighted by Gasteiger charge is -2.12. The average molecular weight is 422 g/mol. The molecule has 0 atom stereocenters. The number of carbonyl (C=O) groups excluding carboxylic acids is 1. The van der Waals surface area contributed by atoms with Gasteiger partial charge in [0.2, 0.25) is 0 Å². The second kappa shape index (κ2) is 8.23. The van der Waals surface area contributed by atoms with Gasteiger partial charge in [0.05, 0.1) is 18.5 Å². The summed E-state index contributed by atoms with van der Waals surface area (Å²) in [5.41, 5.74) is 0.157. The second-order valence-corrected chi connectivity index (χ2v) is 6.49. The van der Waals surface area contributed by atoms with E-state index in [0.717, 1.165) is 6.07 Å². The minimum Gasteiger partial charge on any atom is -0.494 e. The van der Waals surface area contributed by atoms with Crippen molar-refractivity contribution in [2.45, 2.75) is 0 Å². The van der Waals surface area contributed by atoms with Crippen LogP contribution in [0.5, 0.6) is 5.75 Å². The highest BCUT2D eigenvalue weighted by Crippen LogP contribution is 2.22.